The number of aliphatic hydroxyl groups excluding tert-OH is 1. The lowest BCUT2D eigenvalue weighted by Crippen LogP contribution is -2.56. The molecule has 1 aliphatic heterocycles. The Morgan fingerprint density at radius 2 is 1.84 bits per heavy atom. The molecule has 8 heteroatoms. The van der Waals surface area contributed by atoms with Gasteiger partial charge in [0.1, 0.15) is 24.1 Å². The van der Waals surface area contributed by atoms with Gasteiger partial charge in [-0.3, -0.25) is 4.90 Å². The maximum atomic E-state index is 13.0. The number of benzene rings is 1. The van der Waals surface area contributed by atoms with Crippen molar-refractivity contribution in [3.63, 3.8) is 0 Å². The lowest BCUT2D eigenvalue weighted by Gasteiger charge is -2.40. The molecule has 1 amide bonds. The summed E-state index contributed by atoms with van der Waals surface area (Å²) < 4.78 is 16.3. The van der Waals surface area contributed by atoms with Gasteiger partial charge in [0.15, 0.2) is 0 Å². The molecular formula is C24H37NO7. The van der Waals surface area contributed by atoms with Gasteiger partial charge >= 0.3 is 12.1 Å². The molecule has 1 aromatic rings. The minimum Gasteiger partial charge on any atom is -0.497 e. The summed E-state index contributed by atoms with van der Waals surface area (Å²) in [5.74, 6) is -0.0337. The highest BCUT2D eigenvalue weighted by atomic mass is 16.6. The van der Waals surface area contributed by atoms with Crippen LogP contribution < -0.4 is 4.74 Å². The number of hydrogen-bond acceptors (Lipinski definition) is 6. The Hall–Kier alpha value is -2.32. The van der Waals surface area contributed by atoms with Crippen LogP contribution in [0.15, 0.2) is 24.3 Å². The van der Waals surface area contributed by atoms with Gasteiger partial charge in [-0.1, -0.05) is 39.3 Å². The van der Waals surface area contributed by atoms with Gasteiger partial charge in [0.25, 0.3) is 0 Å². The molecular weight excluding hydrogens is 414 g/mol. The van der Waals surface area contributed by atoms with Gasteiger partial charge in [0.05, 0.1) is 13.2 Å². The Labute approximate surface area is 190 Å². The number of methoxy groups -OCH3 is 2. The number of esters is 1. The van der Waals surface area contributed by atoms with E-state index in [4.69, 9.17) is 14.2 Å². The fourth-order valence-corrected chi connectivity index (χ4v) is 4.40. The third-order valence-corrected chi connectivity index (χ3v) is 6.02. The molecule has 2 rings (SSSR count). The summed E-state index contributed by atoms with van der Waals surface area (Å²) in [5, 5.41) is 20.8. The number of aliphatic hydroxyl groups is 1. The molecule has 1 heterocycles. The van der Waals surface area contributed by atoms with Crippen molar-refractivity contribution in [1.29, 1.82) is 0 Å². The van der Waals surface area contributed by atoms with E-state index in [0.717, 1.165) is 16.2 Å². The summed E-state index contributed by atoms with van der Waals surface area (Å²) in [6.45, 7) is 7.22. The van der Waals surface area contributed by atoms with E-state index in [1.807, 2.05) is 45.0 Å². The van der Waals surface area contributed by atoms with Crippen molar-refractivity contribution >= 4 is 12.1 Å². The summed E-state index contributed by atoms with van der Waals surface area (Å²) in [6, 6.07) is 6.65. The lowest BCUT2D eigenvalue weighted by molar-refractivity contribution is -0.169. The lowest BCUT2D eigenvalue weighted by atomic mass is 9.86. The van der Waals surface area contributed by atoms with Crippen LogP contribution in [0.1, 0.15) is 52.5 Å². The summed E-state index contributed by atoms with van der Waals surface area (Å²) in [7, 11) is 3.04. The van der Waals surface area contributed by atoms with Crippen LogP contribution in [0.3, 0.4) is 0 Å². The summed E-state index contributed by atoms with van der Waals surface area (Å²) in [6.07, 6.45) is -1.59. The summed E-state index contributed by atoms with van der Waals surface area (Å²) in [5.41, 5.74) is 0.497. The average Bonchev–Trinajstić information content (AvgIpc) is 2.77. The van der Waals surface area contributed by atoms with Crippen LogP contribution >= 0.6 is 0 Å². The van der Waals surface area contributed by atoms with E-state index < -0.39 is 42.0 Å². The standard InChI is InChI=1S/C24H37NO7/c1-15-20(26)17(14-16-10-12-18(30-5)13-11-16)8-7-9-19(21(27)32-15)25(23(28)29)22(31-6)24(2,3)4/h10-13,15,17,19-20,22,26H,7-9,14H2,1-6H3,(H,28,29)/t15-,17+,19-,20-,22?/m0/s1. The summed E-state index contributed by atoms with van der Waals surface area (Å²) in [4.78, 5) is 26.2. The second kappa shape index (κ2) is 11.0. The van der Waals surface area contributed by atoms with E-state index in [1.54, 1.807) is 14.0 Å². The van der Waals surface area contributed by atoms with Crippen LogP contribution in [0.4, 0.5) is 4.79 Å². The third kappa shape index (κ3) is 6.36. The van der Waals surface area contributed by atoms with Crippen molar-refractivity contribution in [1.82, 2.24) is 4.90 Å². The van der Waals surface area contributed by atoms with E-state index in [0.29, 0.717) is 25.7 Å². The largest absolute Gasteiger partial charge is 0.497 e. The molecule has 8 nitrogen and oxygen atoms in total. The zero-order valence-corrected chi connectivity index (χ0v) is 19.9. The molecule has 0 bridgehead atoms. The first-order valence-corrected chi connectivity index (χ1v) is 11.0. The van der Waals surface area contributed by atoms with E-state index in [-0.39, 0.29) is 5.92 Å². The van der Waals surface area contributed by atoms with Crippen LogP contribution in [0, 0.1) is 11.3 Å². The van der Waals surface area contributed by atoms with Gasteiger partial charge in [-0.05, 0) is 49.8 Å². The first-order chi connectivity index (χ1) is 15.0. The van der Waals surface area contributed by atoms with Gasteiger partial charge in [-0.25, -0.2) is 9.59 Å². The highest BCUT2D eigenvalue weighted by Crippen LogP contribution is 2.31. The maximum absolute atomic E-state index is 13.0. The Kier molecular flexibility index (Phi) is 8.92. The number of cyclic esters (lactones) is 1. The number of carbonyl (C=O) groups is 2. The van der Waals surface area contributed by atoms with Gasteiger partial charge in [0, 0.05) is 12.5 Å². The van der Waals surface area contributed by atoms with Crippen LogP contribution in [0.5, 0.6) is 5.75 Å². The van der Waals surface area contributed by atoms with E-state index in [9.17, 15) is 19.8 Å². The SMILES string of the molecule is COc1ccc(C[C@H]2CCC[C@H](N(C(=O)O)C(OC)C(C)(C)C)C(=O)O[C@@H](C)[C@@H]2O)cc1. The van der Waals surface area contributed by atoms with Crippen molar-refractivity contribution in [2.75, 3.05) is 14.2 Å². The first-order valence-electron chi connectivity index (χ1n) is 11.0. The molecule has 1 aromatic carbocycles. The van der Waals surface area contributed by atoms with Crippen LogP contribution in [0.25, 0.3) is 0 Å². The van der Waals surface area contributed by atoms with Crippen molar-refractivity contribution in [3.05, 3.63) is 29.8 Å². The highest BCUT2D eigenvalue weighted by Gasteiger charge is 2.43. The van der Waals surface area contributed by atoms with Crippen molar-refractivity contribution in [3.8, 4) is 5.75 Å². The van der Waals surface area contributed by atoms with E-state index in [1.165, 1.54) is 7.11 Å². The second-order valence-corrected chi connectivity index (χ2v) is 9.54. The number of nitrogens with zero attached hydrogens (tertiary/aromatic N) is 1. The van der Waals surface area contributed by atoms with Crippen molar-refractivity contribution < 1.29 is 34.0 Å². The van der Waals surface area contributed by atoms with E-state index in [2.05, 4.69) is 0 Å². The molecule has 32 heavy (non-hydrogen) atoms. The van der Waals surface area contributed by atoms with Crippen LogP contribution in [-0.2, 0) is 20.7 Å². The molecule has 1 saturated heterocycles. The Bertz CT molecular complexity index is 759. The number of carboxylic acid groups (broad SMARTS) is 1. The number of carbonyl (C=O) groups excluding carboxylic acids is 1. The molecule has 0 radical (unpaired) electrons. The van der Waals surface area contributed by atoms with Crippen LogP contribution in [0.2, 0.25) is 0 Å². The average molecular weight is 452 g/mol. The van der Waals surface area contributed by atoms with Gasteiger partial charge in [0.2, 0.25) is 0 Å². The quantitative estimate of drug-likeness (QED) is 0.502. The zero-order chi connectivity index (χ0) is 24.1. The molecule has 1 aliphatic rings. The molecule has 1 fully saturated rings. The molecule has 0 aliphatic carbocycles. The Morgan fingerprint density at radius 1 is 1.22 bits per heavy atom. The minimum absolute atomic E-state index is 0.135. The molecule has 2 N–H and O–H groups in total. The fourth-order valence-electron chi connectivity index (χ4n) is 4.40. The maximum Gasteiger partial charge on any atom is 0.410 e. The second-order valence-electron chi connectivity index (χ2n) is 9.54. The van der Waals surface area contributed by atoms with Crippen molar-refractivity contribution in [2.24, 2.45) is 11.3 Å². The normalized spacial score (nSPS) is 25.7. The molecule has 0 aromatic heterocycles. The molecule has 0 spiro atoms. The molecule has 0 saturated carbocycles. The van der Waals surface area contributed by atoms with Gasteiger partial charge in [-0.15, -0.1) is 0 Å². The van der Waals surface area contributed by atoms with Gasteiger partial charge in [-0.2, -0.15) is 0 Å². The zero-order valence-electron chi connectivity index (χ0n) is 19.9. The van der Waals surface area contributed by atoms with Crippen LogP contribution in [-0.4, -0.2) is 65.9 Å². The topological polar surface area (TPSA) is 106 Å². The molecule has 180 valence electrons. The first kappa shape index (κ1) is 25.9. The summed E-state index contributed by atoms with van der Waals surface area (Å²) >= 11 is 0. The monoisotopic (exact) mass is 451 g/mol. The van der Waals surface area contributed by atoms with Crippen molar-refractivity contribution in [2.45, 2.75) is 77.9 Å². The minimum atomic E-state index is -1.24. The predicted octanol–water partition coefficient (Wildman–Crippen LogP) is 3.70. The predicted molar refractivity (Wildman–Crippen MR) is 120 cm³/mol. The Balaban J connectivity index is 2.25. The fraction of sp³-hybridized carbons (Fsp3) is 0.667. The smallest absolute Gasteiger partial charge is 0.410 e. The number of ether oxygens (including phenoxy) is 3. The number of rotatable bonds is 6. The van der Waals surface area contributed by atoms with Gasteiger partial charge < -0.3 is 24.4 Å². The number of amides is 1. The number of hydrogen-bond donors (Lipinski definition) is 2. The molecule has 5 atom stereocenters. The highest BCUT2D eigenvalue weighted by molar-refractivity contribution is 5.81. The third-order valence-electron chi connectivity index (χ3n) is 6.02. The Morgan fingerprint density at radius 3 is 2.34 bits per heavy atom. The van der Waals surface area contributed by atoms with E-state index >= 15 is 0 Å². The molecule has 1 unspecified atom stereocenters.